The molecule has 0 spiro atoms. The highest BCUT2D eigenvalue weighted by atomic mass is 16.5. The quantitative estimate of drug-likeness (QED) is 0.831. The van der Waals surface area contributed by atoms with Crippen LogP contribution in [0.4, 0.5) is 0 Å². The van der Waals surface area contributed by atoms with E-state index in [1.807, 2.05) is 6.92 Å². The number of carbonyl (C=O) groups is 2. The molecule has 1 aromatic carbocycles. The van der Waals surface area contributed by atoms with E-state index in [1.54, 1.807) is 25.1 Å². The monoisotopic (exact) mass is 295 g/mol. The lowest BCUT2D eigenvalue weighted by atomic mass is 10.1. The molecule has 1 amide bonds. The third kappa shape index (κ3) is 4.11. The molecule has 0 bridgehead atoms. The summed E-state index contributed by atoms with van der Waals surface area (Å²) in [6, 6.07) is 4.92. The van der Waals surface area contributed by atoms with Gasteiger partial charge in [0.2, 0.25) is 0 Å². The minimum Gasteiger partial charge on any atom is -0.497 e. The second kappa shape index (κ2) is 7.52. The molecule has 0 heterocycles. The van der Waals surface area contributed by atoms with Crippen molar-refractivity contribution in [3.63, 3.8) is 0 Å². The van der Waals surface area contributed by atoms with Crippen LogP contribution in [0.25, 0.3) is 0 Å². The molecule has 0 saturated carbocycles. The number of carboxylic acid groups (broad SMARTS) is 1. The molecule has 6 heteroatoms. The predicted molar refractivity (Wildman–Crippen MR) is 77.9 cm³/mol. The molecular formula is C15H21NO5. The predicted octanol–water partition coefficient (Wildman–Crippen LogP) is 1.89. The van der Waals surface area contributed by atoms with Crippen LogP contribution in [0.2, 0.25) is 0 Å². The number of nitrogens with zero attached hydrogens (tertiary/aromatic N) is 1. The van der Waals surface area contributed by atoms with Crippen LogP contribution < -0.4 is 9.47 Å². The molecule has 1 N–H and O–H groups in total. The number of methoxy groups -OCH3 is 2. The molecule has 1 rings (SSSR count). The maximum Gasteiger partial charge on any atom is 0.308 e. The van der Waals surface area contributed by atoms with Gasteiger partial charge < -0.3 is 19.5 Å². The fourth-order valence-electron chi connectivity index (χ4n) is 1.91. The number of hydrogen-bond donors (Lipinski definition) is 1. The SMILES string of the molecule is CCN(CC(C)C(=O)O)C(=O)c1ccc(OC)cc1OC. The number of hydrogen-bond acceptors (Lipinski definition) is 4. The summed E-state index contributed by atoms with van der Waals surface area (Å²) in [5.41, 5.74) is 0.387. The molecule has 1 unspecified atom stereocenters. The number of carbonyl (C=O) groups excluding carboxylic acids is 1. The van der Waals surface area contributed by atoms with E-state index in [9.17, 15) is 9.59 Å². The fourth-order valence-corrected chi connectivity index (χ4v) is 1.91. The first-order valence-corrected chi connectivity index (χ1v) is 6.68. The number of benzene rings is 1. The van der Waals surface area contributed by atoms with Crippen molar-refractivity contribution in [3.05, 3.63) is 23.8 Å². The van der Waals surface area contributed by atoms with Crippen LogP contribution in [0.3, 0.4) is 0 Å². The number of amides is 1. The van der Waals surface area contributed by atoms with Crippen molar-refractivity contribution in [2.24, 2.45) is 5.92 Å². The van der Waals surface area contributed by atoms with E-state index in [2.05, 4.69) is 0 Å². The lowest BCUT2D eigenvalue weighted by Gasteiger charge is -2.24. The number of carboxylic acids is 1. The fraction of sp³-hybridized carbons (Fsp3) is 0.467. The standard InChI is InChI=1S/C15H21NO5/c1-5-16(9-10(2)15(18)19)14(17)12-7-6-11(20-3)8-13(12)21-4/h6-8,10H,5,9H2,1-4H3,(H,18,19). The maximum absolute atomic E-state index is 12.5. The Labute approximate surface area is 124 Å². The highest BCUT2D eigenvalue weighted by molar-refractivity contribution is 5.97. The molecule has 6 nitrogen and oxygen atoms in total. The van der Waals surface area contributed by atoms with Crippen LogP contribution in [0, 0.1) is 5.92 Å². The van der Waals surface area contributed by atoms with E-state index < -0.39 is 11.9 Å². The van der Waals surface area contributed by atoms with Crippen molar-refractivity contribution in [3.8, 4) is 11.5 Å². The molecule has 116 valence electrons. The van der Waals surface area contributed by atoms with Gasteiger partial charge in [-0.3, -0.25) is 9.59 Å². The summed E-state index contributed by atoms with van der Waals surface area (Å²) in [6.45, 7) is 3.96. The number of aliphatic carboxylic acids is 1. The maximum atomic E-state index is 12.5. The van der Waals surface area contributed by atoms with E-state index in [0.29, 0.717) is 23.6 Å². The zero-order valence-corrected chi connectivity index (χ0v) is 12.8. The molecular weight excluding hydrogens is 274 g/mol. The lowest BCUT2D eigenvalue weighted by molar-refractivity contribution is -0.141. The Kier molecular flexibility index (Phi) is 6.02. The number of rotatable bonds is 7. The first-order valence-electron chi connectivity index (χ1n) is 6.68. The second-order valence-electron chi connectivity index (χ2n) is 4.65. The van der Waals surface area contributed by atoms with Crippen molar-refractivity contribution in [2.45, 2.75) is 13.8 Å². The highest BCUT2D eigenvalue weighted by Crippen LogP contribution is 2.26. The summed E-state index contributed by atoms with van der Waals surface area (Å²) in [5, 5.41) is 8.97. The van der Waals surface area contributed by atoms with Gasteiger partial charge in [0, 0.05) is 19.2 Å². The van der Waals surface area contributed by atoms with E-state index in [-0.39, 0.29) is 12.5 Å². The minimum absolute atomic E-state index is 0.153. The molecule has 1 aromatic rings. The van der Waals surface area contributed by atoms with Crippen LogP contribution in [0.1, 0.15) is 24.2 Å². The topological polar surface area (TPSA) is 76.1 Å². The molecule has 0 aliphatic heterocycles. The molecule has 0 aliphatic rings. The highest BCUT2D eigenvalue weighted by Gasteiger charge is 2.23. The van der Waals surface area contributed by atoms with Crippen LogP contribution in [-0.2, 0) is 4.79 Å². The Morgan fingerprint density at radius 2 is 1.95 bits per heavy atom. The average molecular weight is 295 g/mol. The summed E-state index contributed by atoms with van der Waals surface area (Å²) >= 11 is 0. The van der Waals surface area contributed by atoms with E-state index in [0.717, 1.165) is 0 Å². The third-order valence-electron chi connectivity index (χ3n) is 3.22. The molecule has 0 radical (unpaired) electrons. The van der Waals surface area contributed by atoms with Gasteiger partial charge in [-0.25, -0.2) is 0 Å². The Hall–Kier alpha value is -2.24. The van der Waals surface area contributed by atoms with Gasteiger partial charge in [-0.15, -0.1) is 0 Å². The molecule has 21 heavy (non-hydrogen) atoms. The lowest BCUT2D eigenvalue weighted by Crippen LogP contribution is -2.36. The van der Waals surface area contributed by atoms with E-state index in [1.165, 1.54) is 19.1 Å². The Bertz CT molecular complexity index is 515. The largest absolute Gasteiger partial charge is 0.497 e. The summed E-state index contributed by atoms with van der Waals surface area (Å²) < 4.78 is 10.3. The minimum atomic E-state index is -0.928. The van der Waals surface area contributed by atoms with E-state index in [4.69, 9.17) is 14.6 Å². The second-order valence-corrected chi connectivity index (χ2v) is 4.65. The zero-order chi connectivity index (χ0) is 16.0. The Morgan fingerprint density at radius 3 is 2.43 bits per heavy atom. The van der Waals surface area contributed by atoms with Gasteiger partial charge in [0.15, 0.2) is 0 Å². The average Bonchev–Trinajstić information content (AvgIpc) is 2.50. The van der Waals surface area contributed by atoms with Gasteiger partial charge in [-0.05, 0) is 19.1 Å². The number of ether oxygens (including phenoxy) is 2. The Morgan fingerprint density at radius 1 is 1.29 bits per heavy atom. The molecule has 0 saturated heterocycles. The summed E-state index contributed by atoms with van der Waals surface area (Å²) in [5.74, 6) is -0.822. The van der Waals surface area contributed by atoms with Gasteiger partial charge in [-0.1, -0.05) is 6.92 Å². The van der Waals surface area contributed by atoms with Gasteiger partial charge in [0.1, 0.15) is 11.5 Å². The Balaban J connectivity index is 3.02. The van der Waals surface area contributed by atoms with Gasteiger partial charge in [0.25, 0.3) is 5.91 Å². The van der Waals surface area contributed by atoms with Crippen molar-refractivity contribution in [1.29, 1.82) is 0 Å². The zero-order valence-electron chi connectivity index (χ0n) is 12.8. The van der Waals surface area contributed by atoms with Gasteiger partial charge >= 0.3 is 5.97 Å². The van der Waals surface area contributed by atoms with Crippen LogP contribution in [0.15, 0.2) is 18.2 Å². The first kappa shape index (κ1) is 16.8. The summed E-state index contributed by atoms with van der Waals surface area (Å²) in [6.07, 6.45) is 0. The van der Waals surface area contributed by atoms with Crippen LogP contribution in [-0.4, -0.2) is 49.2 Å². The summed E-state index contributed by atoms with van der Waals surface area (Å²) in [7, 11) is 3.00. The van der Waals surface area contributed by atoms with Crippen molar-refractivity contribution < 1.29 is 24.2 Å². The molecule has 0 fully saturated rings. The van der Waals surface area contributed by atoms with E-state index >= 15 is 0 Å². The molecule has 0 aliphatic carbocycles. The third-order valence-corrected chi connectivity index (χ3v) is 3.22. The van der Waals surface area contributed by atoms with Gasteiger partial charge in [0.05, 0.1) is 25.7 Å². The van der Waals surface area contributed by atoms with Crippen LogP contribution in [0.5, 0.6) is 11.5 Å². The van der Waals surface area contributed by atoms with Crippen molar-refractivity contribution in [1.82, 2.24) is 4.90 Å². The van der Waals surface area contributed by atoms with Crippen LogP contribution >= 0.6 is 0 Å². The van der Waals surface area contributed by atoms with Crippen molar-refractivity contribution in [2.75, 3.05) is 27.3 Å². The first-order chi connectivity index (χ1) is 9.94. The van der Waals surface area contributed by atoms with Crippen molar-refractivity contribution >= 4 is 11.9 Å². The molecule has 0 aromatic heterocycles. The summed E-state index contributed by atoms with van der Waals surface area (Å²) in [4.78, 5) is 25.0. The smallest absolute Gasteiger partial charge is 0.308 e. The molecule has 1 atom stereocenters. The normalized spacial score (nSPS) is 11.6. The van der Waals surface area contributed by atoms with Gasteiger partial charge in [-0.2, -0.15) is 0 Å².